The van der Waals surface area contributed by atoms with E-state index < -0.39 is 5.91 Å². The molecule has 1 aliphatic rings. The lowest BCUT2D eigenvalue weighted by atomic mass is 9.96. The molecule has 0 bridgehead atoms. The van der Waals surface area contributed by atoms with Gasteiger partial charge in [-0.15, -0.1) is 10.2 Å². The van der Waals surface area contributed by atoms with Crippen molar-refractivity contribution in [1.29, 1.82) is 0 Å². The summed E-state index contributed by atoms with van der Waals surface area (Å²) in [6, 6.07) is 4.08. The second kappa shape index (κ2) is 5.30. The van der Waals surface area contributed by atoms with Gasteiger partial charge in [-0.25, -0.2) is 0 Å². The molecule has 1 aromatic rings. The quantitative estimate of drug-likeness (QED) is 0.801. The zero-order valence-electron chi connectivity index (χ0n) is 10.5. The molecule has 1 aliphatic heterocycles. The molecule has 2 unspecified atom stereocenters. The maximum Gasteiger partial charge on any atom is 0.269 e. The van der Waals surface area contributed by atoms with E-state index in [1.807, 2.05) is 0 Å². The van der Waals surface area contributed by atoms with Gasteiger partial charge in [0.25, 0.3) is 5.91 Å². The summed E-state index contributed by atoms with van der Waals surface area (Å²) in [6.45, 7) is 2.76. The monoisotopic (exact) mass is 249 g/mol. The lowest BCUT2D eigenvalue weighted by Gasteiger charge is -2.40. The Morgan fingerprint density at radius 2 is 2.22 bits per heavy atom. The summed E-state index contributed by atoms with van der Waals surface area (Å²) < 4.78 is 0. The van der Waals surface area contributed by atoms with E-state index in [1.54, 1.807) is 12.1 Å². The largest absolute Gasteiger partial charge is 0.364 e. The number of carbonyl (C=O) groups excluding carboxylic acids is 1. The van der Waals surface area contributed by atoms with Crippen LogP contribution in [-0.4, -0.2) is 34.7 Å². The van der Waals surface area contributed by atoms with Crippen LogP contribution in [0, 0.1) is 0 Å². The van der Waals surface area contributed by atoms with Gasteiger partial charge in [0, 0.05) is 18.6 Å². The molecule has 18 heavy (non-hydrogen) atoms. The number of anilines is 1. The van der Waals surface area contributed by atoms with Crippen LogP contribution in [0.15, 0.2) is 12.1 Å². The average molecular weight is 249 g/mol. The van der Waals surface area contributed by atoms with Crippen LogP contribution in [-0.2, 0) is 0 Å². The first-order chi connectivity index (χ1) is 8.63. The number of piperidine rings is 1. The van der Waals surface area contributed by atoms with Crippen LogP contribution in [0.25, 0.3) is 0 Å². The molecule has 98 valence electrons. The highest BCUT2D eigenvalue weighted by molar-refractivity contribution is 5.90. The second-order valence-corrected chi connectivity index (χ2v) is 4.72. The average Bonchev–Trinajstić information content (AvgIpc) is 2.38. The minimum Gasteiger partial charge on any atom is -0.364 e. The highest BCUT2D eigenvalue weighted by atomic mass is 16.1. The fourth-order valence-corrected chi connectivity index (χ4v) is 2.53. The molecule has 0 saturated carbocycles. The van der Waals surface area contributed by atoms with E-state index >= 15 is 0 Å². The number of hydrogen-bond donors (Lipinski definition) is 2. The maximum absolute atomic E-state index is 11.0. The summed E-state index contributed by atoms with van der Waals surface area (Å²) in [4.78, 5) is 13.2. The number of hydrogen-bond acceptors (Lipinski definition) is 5. The van der Waals surface area contributed by atoms with Crippen LogP contribution in [0.3, 0.4) is 0 Å². The molecule has 1 amide bonds. The van der Waals surface area contributed by atoms with E-state index in [9.17, 15) is 4.79 Å². The van der Waals surface area contributed by atoms with Gasteiger partial charge in [-0.1, -0.05) is 0 Å². The molecule has 1 saturated heterocycles. The second-order valence-electron chi connectivity index (χ2n) is 4.72. The van der Waals surface area contributed by atoms with Crippen LogP contribution in [0.2, 0.25) is 0 Å². The predicted octanol–water partition coefficient (Wildman–Crippen LogP) is 0.282. The van der Waals surface area contributed by atoms with E-state index in [-0.39, 0.29) is 5.69 Å². The van der Waals surface area contributed by atoms with Crippen LogP contribution < -0.4 is 16.4 Å². The number of nitrogens with zero attached hydrogens (tertiary/aromatic N) is 3. The topological polar surface area (TPSA) is 98.1 Å². The highest BCUT2D eigenvalue weighted by Crippen LogP contribution is 2.26. The van der Waals surface area contributed by atoms with Crippen molar-refractivity contribution >= 4 is 11.7 Å². The summed E-state index contributed by atoms with van der Waals surface area (Å²) in [6.07, 6.45) is 3.38. The Labute approximate surface area is 106 Å². The van der Waals surface area contributed by atoms with Crippen LogP contribution in [0.5, 0.6) is 0 Å². The summed E-state index contributed by atoms with van der Waals surface area (Å²) in [5, 5.41) is 7.94. The first-order valence-corrected chi connectivity index (χ1v) is 6.25. The van der Waals surface area contributed by atoms with E-state index in [4.69, 9.17) is 11.5 Å². The van der Waals surface area contributed by atoms with Gasteiger partial charge in [0.2, 0.25) is 0 Å². The molecule has 4 N–H and O–H groups in total. The van der Waals surface area contributed by atoms with E-state index in [1.165, 1.54) is 6.42 Å². The third-order valence-corrected chi connectivity index (χ3v) is 3.47. The molecule has 0 aliphatic carbocycles. The lowest BCUT2D eigenvalue weighted by Crippen LogP contribution is -2.49. The molecule has 0 spiro atoms. The number of rotatable bonds is 3. The standard InChI is InChI=1S/C12H19N5O/c1-8-3-2-4-9(7-13)17(8)11-6-5-10(12(14)18)15-16-11/h5-6,8-9H,2-4,7,13H2,1H3,(H2,14,18). The summed E-state index contributed by atoms with van der Waals surface area (Å²) in [7, 11) is 0. The lowest BCUT2D eigenvalue weighted by molar-refractivity contribution is 0.0994. The minimum atomic E-state index is -0.559. The summed E-state index contributed by atoms with van der Waals surface area (Å²) in [5.41, 5.74) is 11.1. The molecule has 2 atom stereocenters. The summed E-state index contributed by atoms with van der Waals surface area (Å²) >= 11 is 0. The Hall–Kier alpha value is -1.69. The van der Waals surface area contributed by atoms with Gasteiger partial charge in [0.1, 0.15) is 0 Å². The fraction of sp³-hybridized carbons (Fsp3) is 0.583. The zero-order chi connectivity index (χ0) is 13.1. The van der Waals surface area contributed by atoms with Gasteiger partial charge >= 0.3 is 0 Å². The molecule has 2 heterocycles. The van der Waals surface area contributed by atoms with Gasteiger partial charge in [0.15, 0.2) is 11.5 Å². The normalized spacial score (nSPS) is 24.0. The van der Waals surface area contributed by atoms with Gasteiger partial charge in [0.05, 0.1) is 0 Å². The third-order valence-electron chi connectivity index (χ3n) is 3.47. The first-order valence-electron chi connectivity index (χ1n) is 6.25. The zero-order valence-corrected chi connectivity index (χ0v) is 10.5. The minimum absolute atomic E-state index is 0.188. The molecule has 0 aromatic carbocycles. The van der Waals surface area contributed by atoms with Gasteiger partial charge in [-0.05, 0) is 38.3 Å². The predicted molar refractivity (Wildman–Crippen MR) is 69.2 cm³/mol. The molecular formula is C12H19N5O. The summed E-state index contributed by atoms with van der Waals surface area (Å²) in [5.74, 6) is 0.207. The van der Waals surface area contributed by atoms with Gasteiger partial charge in [-0.3, -0.25) is 4.79 Å². The first kappa shape index (κ1) is 12.8. The third kappa shape index (κ3) is 2.43. The molecule has 1 aromatic heterocycles. The Morgan fingerprint density at radius 3 is 2.78 bits per heavy atom. The fourth-order valence-electron chi connectivity index (χ4n) is 2.53. The Bertz CT molecular complexity index is 419. The number of primary amides is 1. The van der Waals surface area contributed by atoms with Crippen molar-refractivity contribution in [3.05, 3.63) is 17.8 Å². The highest BCUT2D eigenvalue weighted by Gasteiger charge is 2.28. The van der Waals surface area contributed by atoms with Crippen molar-refractivity contribution in [2.75, 3.05) is 11.4 Å². The molecule has 0 radical (unpaired) electrons. The number of nitrogens with two attached hydrogens (primary N) is 2. The van der Waals surface area contributed by atoms with Crippen LogP contribution in [0.4, 0.5) is 5.82 Å². The van der Waals surface area contributed by atoms with E-state index in [0.29, 0.717) is 18.6 Å². The molecule has 6 heteroatoms. The van der Waals surface area contributed by atoms with Crippen molar-refractivity contribution in [3.8, 4) is 0 Å². The molecule has 6 nitrogen and oxygen atoms in total. The number of aromatic nitrogens is 2. The van der Waals surface area contributed by atoms with Crippen molar-refractivity contribution in [2.45, 2.75) is 38.3 Å². The smallest absolute Gasteiger partial charge is 0.269 e. The van der Waals surface area contributed by atoms with Crippen molar-refractivity contribution in [1.82, 2.24) is 10.2 Å². The van der Waals surface area contributed by atoms with Crippen molar-refractivity contribution in [3.63, 3.8) is 0 Å². The number of carbonyl (C=O) groups is 1. The van der Waals surface area contributed by atoms with Crippen molar-refractivity contribution in [2.24, 2.45) is 11.5 Å². The van der Waals surface area contributed by atoms with Crippen molar-refractivity contribution < 1.29 is 4.79 Å². The SMILES string of the molecule is CC1CCCC(CN)N1c1ccc(C(N)=O)nn1. The Kier molecular flexibility index (Phi) is 3.76. The Morgan fingerprint density at radius 1 is 1.44 bits per heavy atom. The van der Waals surface area contributed by atoms with Gasteiger partial charge < -0.3 is 16.4 Å². The molecule has 2 rings (SSSR count). The van der Waals surface area contributed by atoms with Crippen LogP contribution in [0.1, 0.15) is 36.7 Å². The molecule has 1 fully saturated rings. The molecular weight excluding hydrogens is 230 g/mol. The van der Waals surface area contributed by atoms with E-state index in [2.05, 4.69) is 22.0 Å². The van der Waals surface area contributed by atoms with Gasteiger partial charge in [-0.2, -0.15) is 0 Å². The Balaban J connectivity index is 2.24. The van der Waals surface area contributed by atoms with Crippen LogP contribution >= 0.6 is 0 Å². The van der Waals surface area contributed by atoms with E-state index in [0.717, 1.165) is 18.7 Å². The maximum atomic E-state index is 11.0. The number of amides is 1.